The first-order chi connectivity index (χ1) is 11.0. The Morgan fingerprint density at radius 3 is 2.48 bits per heavy atom. The molecule has 0 bridgehead atoms. The first kappa shape index (κ1) is 17.4. The molecule has 0 spiro atoms. The highest BCUT2D eigenvalue weighted by molar-refractivity contribution is 5.88. The molecule has 0 saturated heterocycles. The summed E-state index contributed by atoms with van der Waals surface area (Å²) in [5.74, 6) is -2.46. The summed E-state index contributed by atoms with van der Waals surface area (Å²) in [6, 6.07) is 3.36. The summed E-state index contributed by atoms with van der Waals surface area (Å²) in [6.45, 7) is 0.358. The van der Waals surface area contributed by atoms with E-state index in [1.54, 1.807) is 0 Å². The molecule has 0 heterocycles. The average Bonchev–Trinajstić information content (AvgIpc) is 2.97. The second-order valence-electron chi connectivity index (χ2n) is 6.02. The first-order valence-corrected chi connectivity index (χ1v) is 7.91. The maximum Gasteiger partial charge on any atom is 0.303 e. The van der Waals surface area contributed by atoms with E-state index in [0.717, 1.165) is 18.9 Å². The molecule has 4 nitrogen and oxygen atoms in total. The van der Waals surface area contributed by atoms with Gasteiger partial charge in [0.25, 0.3) is 0 Å². The van der Waals surface area contributed by atoms with Crippen molar-refractivity contribution in [2.24, 2.45) is 0 Å². The van der Waals surface area contributed by atoms with Crippen molar-refractivity contribution in [3.63, 3.8) is 0 Å². The summed E-state index contributed by atoms with van der Waals surface area (Å²) in [6.07, 6.45) is 3.82. The van der Waals surface area contributed by atoms with Gasteiger partial charge in [0, 0.05) is 24.6 Å². The summed E-state index contributed by atoms with van der Waals surface area (Å²) in [4.78, 5) is 23.1. The zero-order chi connectivity index (χ0) is 16.9. The molecule has 1 fully saturated rings. The number of benzene rings is 1. The fourth-order valence-electron chi connectivity index (χ4n) is 3.25. The van der Waals surface area contributed by atoms with Crippen molar-refractivity contribution >= 4 is 11.9 Å². The van der Waals surface area contributed by atoms with E-state index < -0.39 is 23.0 Å². The monoisotopic (exact) mass is 325 g/mol. The number of aliphatic carboxylic acids is 1. The molecule has 23 heavy (non-hydrogen) atoms. The van der Waals surface area contributed by atoms with Gasteiger partial charge in [-0.2, -0.15) is 0 Å². The largest absolute Gasteiger partial charge is 0.481 e. The number of halogens is 2. The van der Waals surface area contributed by atoms with Crippen molar-refractivity contribution < 1.29 is 23.5 Å². The number of hydrogen-bond acceptors (Lipinski definition) is 2. The molecule has 1 aromatic rings. The molecule has 0 radical (unpaired) electrons. The summed E-state index contributed by atoms with van der Waals surface area (Å²) in [5, 5.41) is 11.4. The molecule has 1 aliphatic rings. The number of amides is 1. The highest BCUT2D eigenvalue weighted by Crippen LogP contribution is 2.42. The van der Waals surface area contributed by atoms with Crippen LogP contribution in [-0.4, -0.2) is 23.5 Å². The standard InChI is InChI=1S/C17H21F2NO3/c18-12-6-7-13(14(19)11-12)17(8-2-3-9-17)16(23)20-10-4-1-5-15(21)22/h6-7,11H,1-5,8-10H2,(H,20,23)(H,21,22). The van der Waals surface area contributed by atoms with Gasteiger partial charge in [0.1, 0.15) is 11.6 Å². The fraction of sp³-hybridized carbons (Fsp3) is 0.529. The Kier molecular flexibility index (Phi) is 5.69. The van der Waals surface area contributed by atoms with E-state index in [-0.39, 0.29) is 17.9 Å². The normalized spacial score (nSPS) is 16.3. The minimum Gasteiger partial charge on any atom is -0.481 e. The Balaban J connectivity index is 2.05. The lowest BCUT2D eigenvalue weighted by molar-refractivity contribution is -0.137. The Morgan fingerprint density at radius 1 is 1.17 bits per heavy atom. The van der Waals surface area contributed by atoms with E-state index in [2.05, 4.69) is 5.32 Å². The van der Waals surface area contributed by atoms with E-state index in [9.17, 15) is 18.4 Å². The number of carbonyl (C=O) groups is 2. The number of nitrogens with one attached hydrogen (secondary N) is 1. The topological polar surface area (TPSA) is 66.4 Å². The van der Waals surface area contributed by atoms with Gasteiger partial charge in [-0.15, -0.1) is 0 Å². The Labute approximate surface area is 133 Å². The van der Waals surface area contributed by atoms with Crippen LogP contribution in [0, 0.1) is 11.6 Å². The third-order valence-electron chi connectivity index (χ3n) is 4.44. The molecule has 0 atom stereocenters. The van der Waals surface area contributed by atoms with Crippen molar-refractivity contribution in [3.8, 4) is 0 Å². The summed E-state index contributed by atoms with van der Waals surface area (Å²) >= 11 is 0. The SMILES string of the molecule is O=C(O)CCCCNC(=O)C1(c2ccc(F)cc2F)CCCC1. The zero-order valence-corrected chi connectivity index (χ0v) is 12.9. The molecule has 1 aliphatic carbocycles. The van der Waals surface area contributed by atoms with Gasteiger partial charge in [0.2, 0.25) is 5.91 Å². The zero-order valence-electron chi connectivity index (χ0n) is 12.9. The summed E-state index contributed by atoms with van der Waals surface area (Å²) in [5.41, 5.74) is -0.690. The summed E-state index contributed by atoms with van der Waals surface area (Å²) in [7, 11) is 0. The van der Waals surface area contributed by atoms with Crippen molar-refractivity contribution in [1.29, 1.82) is 0 Å². The van der Waals surface area contributed by atoms with Gasteiger partial charge in [0.05, 0.1) is 5.41 Å². The second kappa shape index (κ2) is 7.53. The third kappa shape index (κ3) is 4.06. The molecular weight excluding hydrogens is 304 g/mol. The molecule has 1 amide bonds. The number of carboxylic acid groups (broad SMARTS) is 1. The number of carbonyl (C=O) groups excluding carboxylic acids is 1. The molecule has 0 unspecified atom stereocenters. The molecule has 0 aliphatic heterocycles. The van der Waals surface area contributed by atoms with Crippen LogP contribution >= 0.6 is 0 Å². The predicted molar refractivity (Wildman–Crippen MR) is 81.0 cm³/mol. The molecule has 0 aromatic heterocycles. The van der Waals surface area contributed by atoms with E-state index >= 15 is 0 Å². The van der Waals surface area contributed by atoms with Gasteiger partial charge in [-0.05, 0) is 31.7 Å². The Bertz CT molecular complexity index is 583. The molecule has 1 aromatic carbocycles. The van der Waals surface area contributed by atoms with Crippen LogP contribution in [0.5, 0.6) is 0 Å². The fourth-order valence-corrected chi connectivity index (χ4v) is 3.25. The maximum absolute atomic E-state index is 14.2. The van der Waals surface area contributed by atoms with Crippen LogP contribution in [0.4, 0.5) is 8.78 Å². The number of unbranched alkanes of at least 4 members (excludes halogenated alkanes) is 1. The lowest BCUT2D eigenvalue weighted by Crippen LogP contribution is -2.43. The van der Waals surface area contributed by atoms with Crippen LogP contribution < -0.4 is 5.32 Å². The molecule has 2 N–H and O–H groups in total. The van der Waals surface area contributed by atoms with Crippen molar-refractivity contribution in [2.45, 2.75) is 50.4 Å². The van der Waals surface area contributed by atoms with Crippen LogP contribution in [0.2, 0.25) is 0 Å². The third-order valence-corrected chi connectivity index (χ3v) is 4.44. The Morgan fingerprint density at radius 2 is 1.87 bits per heavy atom. The summed E-state index contributed by atoms with van der Waals surface area (Å²) < 4.78 is 27.3. The van der Waals surface area contributed by atoms with Crippen LogP contribution in [-0.2, 0) is 15.0 Å². The van der Waals surface area contributed by atoms with Crippen molar-refractivity contribution in [2.75, 3.05) is 6.54 Å². The quantitative estimate of drug-likeness (QED) is 0.757. The molecule has 6 heteroatoms. The number of carboxylic acids is 1. The van der Waals surface area contributed by atoms with Crippen LogP contribution in [0.3, 0.4) is 0 Å². The van der Waals surface area contributed by atoms with E-state index in [4.69, 9.17) is 5.11 Å². The molecule has 126 valence electrons. The Hall–Kier alpha value is -1.98. The van der Waals surface area contributed by atoms with Gasteiger partial charge in [-0.25, -0.2) is 8.78 Å². The van der Waals surface area contributed by atoms with E-state index in [0.29, 0.717) is 32.2 Å². The minimum atomic E-state index is -0.940. The smallest absolute Gasteiger partial charge is 0.303 e. The van der Waals surface area contributed by atoms with Gasteiger partial charge in [-0.1, -0.05) is 18.9 Å². The van der Waals surface area contributed by atoms with E-state index in [1.807, 2.05) is 0 Å². The molecule has 2 rings (SSSR count). The average molecular weight is 325 g/mol. The van der Waals surface area contributed by atoms with Crippen LogP contribution in [0.15, 0.2) is 18.2 Å². The first-order valence-electron chi connectivity index (χ1n) is 7.91. The van der Waals surface area contributed by atoms with E-state index in [1.165, 1.54) is 12.1 Å². The number of hydrogen-bond donors (Lipinski definition) is 2. The van der Waals surface area contributed by atoms with Crippen LogP contribution in [0.25, 0.3) is 0 Å². The lowest BCUT2D eigenvalue weighted by Gasteiger charge is -2.28. The van der Waals surface area contributed by atoms with Crippen molar-refractivity contribution in [1.82, 2.24) is 5.32 Å². The number of rotatable bonds is 7. The van der Waals surface area contributed by atoms with Gasteiger partial charge < -0.3 is 10.4 Å². The van der Waals surface area contributed by atoms with Crippen LogP contribution in [0.1, 0.15) is 50.5 Å². The van der Waals surface area contributed by atoms with Gasteiger partial charge >= 0.3 is 5.97 Å². The maximum atomic E-state index is 14.2. The molecular formula is C17H21F2NO3. The van der Waals surface area contributed by atoms with Crippen molar-refractivity contribution in [3.05, 3.63) is 35.4 Å². The van der Waals surface area contributed by atoms with Gasteiger partial charge in [-0.3, -0.25) is 9.59 Å². The predicted octanol–water partition coefficient (Wildman–Crippen LogP) is 3.15. The minimum absolute atomic E-state index is 0.0631. The highest BCUT2D eigenvalue weighted by Gasteiger charge is 2.44. The molecule has 1 saturated carbocycles. The second-order valence-corrected chi connectivity index (χ2v) is 6.02. The lowest BCUT2D eigenvalue weighted by atomic mass is 9.77. The highest BCUT2D eigenvalue weighted by atomic mass is 19.1. The van der Waals surface area contributed by atoms with Gasteiger partial charge in [0.15, 0.2) is 0 Å².